The van der Waals surface area contributed by atoms with Gasteiger partial charge >= 0.3 is 0 Å². The van der Waals surface area contributed by atoms with Crippen molar-refractivity contribution in [3.8, 4) is 0 Å². The molecule has 1 aromatic carbocycles. The fraction of sp³-hybridized carbons (Fsp3) is 0.600. The fourth-order valence-electron chi connectivity index (χ4n) is 6.20. The number of likely N-dealkylation sites (tertiary alicyclic amines) is 1. The van der Waals surface area contributed by atoms with Gasteiger partial charge in [0.05, 0.1) is 12.1 Å². The minimum atomic E-state index is -0.655. The molecule has 3 amide bonds. The van der Waals surface area contributed by atoms with Gasteiger partial charge in [-0.15, -0.1) is 0 Å². The van der Waals surface area contributed by atoms with Crippen LogP contribution in [0, 0.1) is 10.8 Å². The van der Waals surface area contributed by atoms with E-state index in [9.17, 15) is 19.5 Å². The number of fused-ring (bicyclic) bond motifs is 2. The summed E-state index contributed by atoms with van der Waals surface area (Å²) in [6, 6.07) is 6.47. The molecular formula is C25H33N5O4. The Bertz CT molecular complexity index is 1160. The number of para-hydroxylation sites is 1. The topological polar surface area (TPSA) is 131 Å². The number of aliphatic hydroxyl groups is 1. The van der Waals surface area contributed by atoms with Crippen LogP contribution in [0.25, 0.3) is 10.9 Å². The number of aliphatic hydroxyl groups excluding tert-OH is 1. The second-order valence-electron chi connectivity index (χ2n) is 11.1. The summed E-state index contributed by atoms with van der Waals surface area (Å²) in [7, 11) is 0. The highest BCUT2D eigenvalue weighted by atomic mass is 16.3. The van der Waals surface area contributed by atoms with Gasteiger partial charge in [-0.1, -0.05) is 38.5 Å². The number of nitrogens with zero attached hydrogens (tertiary/aromatic N) is 3. The van der Waals surface area contributed by atoms with Gasteiger partial charge in [-0.2, -0.15) is 5.10 Å². The average Bonchev–Trinajstić information content (AvgIpc) is 3.21. The van der Waals surface area contributed by atoms with Crippen LogP contribution in [-0.4, -0.2) is 62.2 Å². The molecule has 1 aromatic heterocycles. The molecule has 3 aliphatic rings. The van der Waals surface area contributed by atoms with Gasteiger partial charge in [-0.25, -0.2) is 0 Å². The molecule has 3 fully saturated rings. The maximum atomic E-state index is 13.5. The third-order valence-electron chi connectivity index (χ3n) is 8.05. The van der Waals surface area contributed by atoms with Gasteiger partial charge in [0.15, 0.2) is 5.69 Å². The normalized spacial score (nSPS) is 29.6. The number of carbonyl (C=O) groups excluding carboxylic acids is 3. The molecule has 1 saturated heterocycles. The Morgan fingerprint density at radius 3 is 2.68 bits per heavy atom. The lowest BCUT2D eigenvalue weighted by atomic mass is 9.75. The molecule has 1 aliphatic heterocycles. The lowest BCUT2D eigenvalue weighted by Gasteiger charge is -2.37. The van der Waals surface area contributed by atoms with Gasteiger partial charge in [0.25, 0.3) is 5.91 Å². The van der Waals surface area contributed by atoms with Crippen LogP contribution >= 0.6 is 0 Å². The Balaban J connectivity index is 1.37. The highest BCUT2D eigenvalue weighted by molar-refractivity contribution is 6.04. The van der Waals surface area contributed by atoms with Gasteiger partial charge in [0.2, 0.25) is 11.8 Å². The van der Waals surface area contributed by atoms with Crippen molar-refractivity contribution in [3.05, 3.63) is 30.0 Å². The molecule has 2 aromatic rings. The molecular weight excluding hydrogens is 434 g/mol. The standard InChI is InChI=1S/C25H33N5O4/c1-24(2)9-5-6-15(10-24)27-23(34)18-11-25(14-31)12-19(25)30(18)20(32)13-29-17-8-4-3-7-16(17)21(28-29)22(26)33/h3-4,7-8,15,18-19,31H,5-6,9-14H2,1-2H3,(H2,26,33)(H,27,34)/t15?,18-,19+,25-/m0/s1. The summed E-state index contributed by atoms with van der Waals surface area (Å²) in [4.78, 5) is 40.4. The quantitative estimate of drug-likeness (QED) is 0.594. The van der Waals surface area contributed by atoms with Gasteiger partial charge in [0.1, 0.15) is 12.6 Å². The number of nitrogens with one attached hydrogen (secondary N) is 1. The van der Waals surface area contributed by atoms with Crippen molar-refractivity contribution in [3.63, 3.8) is 0 Å². The monoisotopic (exact) mass is 467 g/mol. The first kappa shape index (κ1) is 22.8. The van der Waals surface area contributed by atoms with Gasteiger partial charge in [0, 0.05) is 22.9 Å². The summed E-state index contributed by atoms with van der Waals surface area (Å²) < 4.78 is 1.48. The third kappa shape index (κ3) is 3.85. The SMILES string of the molecule is CC1(C)CCCC(NC(=O)[C@@H]2C[C@@]3(CO)C[C@H]3N2C(=O)Cn2nc(C(N)=O)c3ccccc32)C1. The lowest BCUT2D eigenvalue weighted by Crippen LogP contribution is -2.52. The van der Waals surface area contributed by atoms with Gasteiger partial charge in [-0.3, -0.25) is 19.1 Å². The van der Waals surface area contributed by atoms with Crippen LogP contribution in [0.15, 0.2) is 24.3 Å². The summed E-state index contributed by atoms with van der Waals surface area (Å²) in [6.07, 6.45) is 5.25. The number of rotatable bonds is 6. The summed E-state index contributed by atoms with van der Waals surface area (Å²) in [6.45, 7) is 4.30. The van der Waals surface area contributed by atoms with Crippen molar-refractivity contribution in [2.45, 2.75) is 77.0 Å². The van der Waals surface area contributed by atoms with Gasteiger partial charge in [-0.05, 0) is 43.6 Å². The second-order valence-corrected chi connectivity index (χ2v) is 11.1. The molecule has 4 atom stereocenters. The largest absolute Gasteiger partial charge is 0.396 e. The summed E-state index contributed by atoms with van der Waals surface area (Å²) in [5.41, 5.74) is 6.04. The minimum Gasteiger partial charge on any atom is -0.396 e. The number of nitrogens with two attached hydrogens (primary N) is 1. The predicted molar refractivity (Wildman–Crippen MR) is 126 cm³/mol. The zero-order valence-electron chi connectivity index (χ0n) is 19.8. The van der Waals surface area contributed by atoms with Crippen LogP contribution in [0.1, 0.15) is 62.9 Å². The van der Waals surface area contributed by atoms with E-state index in [4.69, 9.17) is 5.73 Å². The Morgan fingerprint density at radius 2 is 1.97 bits per heavy atom. The number of carbonyl (C=O) groups is 3. The zero-order valence-corrected chi connectivity index (χ0v) is 19.8. The molecule has 2 aliphatic carbocycles. The van der Waals surface area contributed by atoms with E-state index in [0.717, 1.165) is 25.7 Å². The van der Waals surface area contributed by atoms with Crippen LogP contribution < -0.4 is 11.1 Å². The number of primary amides is 1. The predicted octanol–water partition coefficient (Wildman–Crippen LogP) is 1.57. The molecule has 5 rings (SSSR count). The summed E-state index contributed by atoms with van der Waals surface area (Å²) in [5, 5.41) is 18.1. The van der Waals surface area contributed by atoms with E-state index in [2.05, 4.69) is 24.3 Å². The van der Waals surface area contributed by atoms with Crippen LogP contribution in [0.3, 0.4) is 0 Å². The summed E-state index contributed by atoms with van der Waals surface area (Å²) >= 11 is 0. The first-order chi connectivity index (χ1) is 16.1. The molecule has 2 heterocycles. The van der Waals surface area contributed by atoms with E-state index in [0.29, 0.717) is 23.7 Å². The first-order valence-corrected chi connectivity index (χ1v) is 12.1. The highest BCUT2D eigenvalue weighted by Crippen LogP contribution is 2.59. The van der Waals surface area contributed by atoms with Crippen molar-refractivity contribution in [1.82, 2.24) is 20.0 Å². The van der Waals surface area contributed by atoms with Crippen LogP contribution in [-0.2, 0) is 16.1 Å². The van der Waals surface area contributed by atoms with Crippen molar-refractivity contribution in [2.24, 2.45) is 16.6 Å². The van der Waals surface area contributed by atoms with Crippen molar-refractivity contribution in [1.29, 1.82) is 0 Å². The van der Waals surface area contributed by atoms with Crippen molar-refractivity contribution in [2.75, 3.05) is 6.61 Å². The number of benzene rings is 1. The Morgan fingerprint density at radius 1 is 1.21 bits per heavy atom. The number of hydrogen-bond acceptors (Lipinski definition) is 5. The minimum absolute atomic E-state index is 0.0434. The molecule has 0 bridgehead atoms. The molecule has 182 valence electrons. The second kappa shape index (κ2) is 8.08. The number of aromatic nitrogens is 2. The lowest BCUT2D eigenvalue weighted by molar-refractivity contribution is -0.140. The maximum absolute atomic E-state index is 13.5. The van der Waals surface area contributed by atoms with E-state index >= 15 is 0 Å². The van der Waals surface area contributed by atoms with E-state index in [1.807, 2.05) is 6.07 Å². The molecule has 0 spiro atoms. The Labute approximate surface area is 198 Å². The fourth-order valence-corrected chi connectivity index (χ4v) is 6.20. The Kier molecular flexibility index (Phi) is 5.42. The van der Waals surface area contributed by atoms with E-state index in [-0.39, 0.29) is 48.2 Å². The molecule has 4 N–H and O–H groups in total. The van der Waals surface area contributed by atoms with E-state index in [1.165, 1.54) is 4.68 Å². The van der Waals surface area contributed by atoms with E-state index < -0.39 is 17.4 Å². The van der Waals surface area contributed by atoms with Crippen LogP contribution in [0.5, 0.6) is 0 Å². The van der Waals surface area contributed by atoms with Crippen molar-refractivity contribution >= 4 is 28.6 Å². The first-order valence-electron chi connectivity index (χ1n) is 12.1. The molecule has 2 saturated carbocycles. The molecule has 9 heteroatoms. The van der Waals surface area contributed by atoms with Gasteiger partial charge < -0.3 is 21.1 Å². The molecule has 9 nitrogen and oxygen atoms in total. The smallest absolute Gasteiger partial charge is 0.269 e. The molecule has 1 unspecified atom stereocenters. The van der Waals surface area contributed by atoms with Crippen LogP contribution in [0.2, 0.25) is 0 Å². The van der Waals surface area contributed by atoms with Crippen molar-refractivity contribution < 1.29 is 19.5 Å². The number of hydrogen-bond donors (Lipinski definition) is 3. The van der Waals surface area contributed by atoms with Crippen LogP contribution in [0.4, 0.5) is 0 Å². The highest BCUT2D eigenvalue weighted by Gasteiger charge is 2.67. The maximum Gasteiger partial charge on any atom is 0.269 e. The molecule has 0 radical (unpaired) electrons. The average molecular weight is 468 g/mol. The Hall–Kier alpha value is -2.94. The number of amides is 3. The van der Waals surface area contributed by atoms with E-state index in [1.54, 1.807) is 23.1 Å². The summed E-state index contributed by atoms with van der Waals surface area (Å²) in [5.74, 6) is -1.04. The molecule has 34 heavy (non-hydrogen) atoms. The number of piperidine rings is 1. The third-order valence-corrected chi connectivity index (χ3v) is 8.05. The zero-order chi connectivity index (χ0) is 24.3.